The summed E-state index contributed by atoms with van der Waals surface area (Å²) in [7, 11) is 0. The van der Waals surface area contributed by atoms with Gasteiger partial charge < -0.3 is 0 Å². The average molecular weight is 225 g/mol. The molecular weight excluding hydrogens is 208 g/mol. The number of hydrogen-bond donors (Lipinski definition) is 0. The molecule has 0 saturated heterocycles. The summed E-state index contributed by atoms with van der Waals surface area (Å²) in [6, 6.07) is 0. The van der Waals surface area contributed by atoms with Crippen molar-refractivity contribution in [1.82, 2.24) is 0 Å². The minimum absolute atomic E-state index is 0.905. The molecule has 0 aromatic carbocycles. The molecule has 0 aromatic heterocycles. The van der Waals surface area contributed by atoms with Crippen molar-refractivity contribution < 1.29 is 0 Å². The standard InChI is InChI=1S/C8H17BrS/c1-3-5-8(4-2)10-7-6-9/h8H,3-7H2,1-2H3. The fourth-order valence-electron chi connectivity index (χ4n) is 0.938. The van der Waals surface area contributed by atoms with Crippen LogP contribution < -0.4 is 0 Å². The van der Waals surface area contributed by atoms with E-state index in [0.29, 0.717) is 0 Å². The summed E-state index contributed by atoms with van der Waals surface area (Å²) in [5.74, 6) is 1.26. The molecule has 0 aliphatic heterocycles. The highest BCUT2D eigenvalue weighted by atomic mass is 79.9. The van der Waals surface area contributed by atoms with Gasteiger partial charge in [-0.15, -0.1) is 0 Å². The highest BCUT2D eigenvalue weighted by molar-refractivity contribution is 9.09. The largest absolute Gasteiger partial charge is 0.158 e. The van der Waals surface area contributed by atoms with E-state index in [4.69, 9.17) is 0 Å². The van der Waals surface area contributed by atoms with Gasteiger partial charge in [-0.3, -0.25) is 0 Å². The van der Waals surface area contributed by atoms with Crippen LogP contribution in [0.25, 0.3) is 0 Å². The Balaban J connectivity index is 3.21. The summed E-state index contributed by atoms with van der Waals surface area (Å²) in [6.07, 6.45) is 4.04. The molecule has 0 aliphatic rings. The summed E-state index contributed by atoms with van der Waals surface area (Å²) in [5, 5.41) is 2.04. The molecule has 0 aliphatic carbocycles. The second-order valence-electron chi connectivity index (χ2n) is 2.38. The Kier molecular flexibility index (Phi) is 8.59. The maximum Gasteiger partial charge on any atom is 0.0122 e. The van der Waals surface area contributed by atoms with Gasteiger partial charge in [-0.25, -0.2) is 0 Å². The van der Waals surface area contributed by atoms with E-state index in [1.807, 2.05) is 0 Å². The maximum absolute atomic E-state index is 3.44. The van der Waals surface area contributed by atoms with Crippen molar-refractivity contribution in [3.8, 4) is 0 Å². The van der Waals surface area contributed by atoms with E-state index in [2.05, 4.69) is 41.5 Å². The minimum atomic E-state index is 0.905. The van der Waals surface area contributed by atoms with E-state index in [-0.39, 0.29) is 0 Å². The van der Waals surface area contributed by atoms with Crippen molar-refractivity contribution in [3.05, 3.63) is 0 Å². The smallest absolute Gasteiger partial charge is 0.0122 e. The predicted molar refractivity (Wildman–Crippen MR) is 55.2 cm³/mol. The van der Waals surface area contributed by atoms with Gasteiger partial charge in [0.25, 0.3) is 0 Å². The Morgan fingerprint density at radius 2 is 2.10 bits per heavy atom. The van der Waals surface area contributed by atoms with Crippen LogP contribution in [0.1, 0.15) is 33.1 Å². The first-order valence-electron chi connectivity index (χ1n) is 4.02. The molecule has 0 nitrogen and oxygen atoms in total. The quantitative estimate of drug-likeness (QED) is 0.621. The molecule has 2 heteroatoms. The number of thioether (sulfide) groups is 1. The van der Waals surface area contributed by atoms with Gasteiger partial charge in [-0.05, 0) is 12.8 Å². The van der Waals surface area contributed by atoms with Crippen molar-refractivity contribution in [2.45, 2.75) is 38.4 Å². The second kappa shape index (κ2) is 7.93. The summed E-state index contributed by atoms with van der Waals surface area (Å²) in [6.45, 7) is 4.54. The van der Waals surface area contributed by atoms with Crippen molar-refractivity contribution in [1.29, 1.82) is 0 Å². The van der Waals surface area contributed by atoms with E-state index in [1.54, 1.807) is 0 Å². The van der Waals surface area contributed by atoms with Crippen LogP contribution in [0.3, 0.4) is 0 Å². The van der Waals surface area contributed by atoms with Crippen molar-refractivity contribution in [2.24, 2.45) is 0 Å². The minimum Gasteiger partial charge on any atom is -0.158 e. The number of rotatable bonds is 6. The van der Waals surface area contributed by atoms with Gasteiger partial charge in [-0.2, -0.15) is 11.8 Å². The van der Waals surface area contributed by atoms with Gasteiger partial charge in [-0.1, -0.05) is 36.2 Å². The molecule has 0 fully saturated rings. The summed E-state index contributed by atoms with van der Waals surface area (Å²) in [4.78, 5) is 0. The molecule has 1 unspecified atom stereocenters. The monoisotopic (exact) mass is 224 g/mol. The fraction of sp³-hybridized carbons (Fsp3) is 1.00. The Hall–Kier alpha value is 0.830. The molecule has 62 valence electrons. The molecule has 0 heterocycles. The van der Waals surface area contributed by atoms with Crippen molar-refractivity contribution in [2.75, 3.05) is 11.1 Å². The predicted octanol–water partition coefficient (Wildman–Crippen LogP) is 3.69. The summed E-state index contributed by atoms with van der Waals surface area (Å²) < 4.78 is 0. The van der Waals surface area contributed by atoms with E-state index in [1.165, 1.54) is 25.0 Å². The van der Waals surface area contributed by atoms with Crippen molar-refractivity contribution in [3.63, 3.8) is 0 Å². The number of hydrogen-bond acceptors (Lipinski definition) is 1. The van der Waals surface area contributed by atoms with Crippen LogP contribution in [0.15, 0.2) is 0 Å². The number of halogens is 1. The molecule has 0 rings (SSSR count). The van der Waals surface area contributed by atoms with Gasteiger partial charge in [0.15, 0.2) is 0 Å². The van der Waals surface area contributed by atoms with Gasteiger partial charge in [0.05, 0.1) is 0 Å². The lowest BCUT2D eigenvalue weighted by Gasteiger charge is -2.11. The molecular formula is C8H17BrS. The van der Waals surface area contributed by atoms with E-state index >= 15 is 0 Å². The molecule has 0 spiro atoms. The zero-order valence-electron chi connectivity index (χ0n) is 6.90. The van der Waals surface area contributed by atoms with Gasteiger partial charge in [0.1, 0.15) is 0 Å². The lowest BCUT2D eigenvalue weighted by Crippen LogP contribution is -2.01. The molecule has 1 atom stereocenters. The zero-order chi connectivity index (χ0) is 7.82. The van der Waals surface area contributed by atoms with Crippen LogP contribution >= 0.6 is 27.7 Å². The van der Waals surface area contributed by atoms with Crippen LogP contribution in [-0.4, -0.2) is 16.3 Å². The van der Waals surface area contributed by atoms with Crippen LogP contribution in [-0.2, 0) is 0 Å². The van der Waals surface area contributed by atoms with E-state index in [0.717, 1.165) is 10.6 Å². The Labute approximate surface area is 77.3 Å². The Morgan fingerprint density at radius 3 is 2.50 bits per heavy atom. The van der Waals surface area contributed by atoms with E-state index in [9.17, 15) is 0 Å². The van der Waals surface area contributed by atoms with Gasteiger partial charge in [0, 0.05) is 16.3 Å². The van der Waals surface area contributed by atoms with Crippen molar-refractivity contribution >= 4 is 27.7 Å². The van der Waals surface area contributed by atoms with E-state index < -0.39 is 0 Å². The number of alkyl halides is 1. The molecule has 0 radical (unpaired) electrons. The topological polar surface area (TPSA) is 0 Å². The first kappa shape index (κ1) is 10.8. The normalized spacial score (nSPS) is 13.5. The molecule has 0 saturated carbocycles. The molecule has 0 amide bonds. The third-order valence-corrected chi connectivity index (χ3v) is 3.90. The lowest BCUT2D eigenvalue weighted by atomic mass is 10.2. The lowest BCUT2D eigenvalue weighted by molar-refractivity contribution is 0.720. The third-order valence-electron chi connectivity index (χ3n) is 1.50. The van der Waals surface area contributed by atoms with Crippen LogP contribution in [0.2, 0.25) is 0 Å². The van der Waals surface area contributed by atoms with Gasteiger partial charge in [0.2, 0.25) is 0 Å². The first-order valence-corrected chi connectivity index (χ1v) is 6.19. The molecule has 0 N–H and O–H groups in total. The molecule has 10 heavy (non-hydrogen) atoms. The first-order chi connectivity index (χ1) is 4.85. The molecule has 0 bridgehead atoms. The highest BCUT2D eigenvalue weighted by Gasteiger charge is 2.03. The fourth-order valence-corrected chi connectivity index (χ4v) is 2.56. The van der Waals surface area contributed by atoms with Crippen LogP contribution in [0.5, 0.6) is 0 Å². The highest BCUT2D eigenvalue weighted by Crippen LogP contribution is 2.19. The van der Waals surface area contributed by atoms with Gasteiger partial charge >= 0.3 is 0 Å². The Morgan fingerprint density at radius 1 is 1.40 bits per heavy atom. The SMILES string of the molecule is CCCC(CC)SCCBr. The van der Waals surface area contributed by atoms with Crippen LogP contribution in [0, 0.1) is 0 Å². The molecule has 0 aromatic rings. The van der Waals surface area contributed by atoms with Crippen LogP contribution in [0.4, 0.5) is 0 Å². The summed E-state index contributed by atoms with van der Waals surface area (Å²) >= 11 is 5.54. The average Bonchev–Trinajstić information content (AvgIpc) is 1.98. The maximum atomic E-state index is 3.44. The summed E-state index contributed by atoms with van der Waals surface area (Å²) in [5.41, 5.74) is 0. The third kappa shape index (κ3) is 5.60. The Bertz CT molecular complexity index is 66.3. The zero-order valence-corrected chi connectivity index (χ0v) is 9.30. The second-order valence-corrected chi connectivity index (χ2v) is 4.58.